The summed E-state index contributed by atoms with van der Waals surface area (Å²) in [5.74, 6) is -2.83. The summed E-state index contributed by atoms with van der Waals surface area (Å²) >= 11 is 0. The van der Waals surface area contributed by atoms with E-state index in [1.807, 2.05) is 6.07 Å². The molecular weight excluding hydrogens is 288 g/mol. The molecule has 3 rings (SSSR count). The Kier molecular flexibility index (Phi) is 3.82. The second-order valence-electron chi connectivity index (χ2n) is 5.93. The Morgan fingerprint density at radius 2 is 1.91 bits per heavy atom. The number of hydrogen-bond donors (Lipinski definition) is 1. The molecule has 0 radical (unpaired) electrons. The fourth-order valence-corrected chi connectivity index (χ4v) is 3.09. The Bertz CT molecular complexity index is 557. The highest BCUT2D eigenvalue weighted by atomic mass is 16.8. The minimum Gasteiger partial charge on any atom is -0.394 e. The molecule has 0 spiro atoms. The fraction of sp³-hybridized carbons (Fsp3) is 0.562. The van der Waals surface area contributed by atoms with E-state index in [-0.39, 0.29) is 12.4 Å². The highest BCUT2D eigenvalue weighted by Gasteiger charge is 2.66. The van der Waals surface area contributed by atoms with Crippen molar-refractivity contribution in [2.24, 2.45) is 0 Å². The van der Waals surface area contributed by atoms with Gasteiger partial charge in [0.1, 0.15) is 12.2 Å². The smallest absolute Gasteiger partial charge is 0.263 e. The van der Waals surface area contributed by atoms with Crippen molar-refractivity contribution >= 4 is 5.78 Å². The van der Waals surface area contributed by atoms with Gasteiger partial charge in [0.15, 0.2) is 11.9 Å². The van der Waals surface area contributed by atoms with Crippen LogP contribution in [0.15, 0.2) is 30.3 Å². The molecule has 0 amide bonds. The minimum absolute atomic E-state index is 0.284. The number of methoxy groups -OCH3 is 1. The summed E-state index contributed by atoms with van der Waals surface area (Å²) in [4.78, 5) is 12.9. The van der Waals surface area contributed by atoms with Gasteiger partial charge >= 0.3 is 0 Å². The second-order valence-corrected chi connectivity index (χ2v) is 5.93. The summed E-state index contributed by atoms with van der Waals surface area (Å²) in [5.41, 5.74) is 0.454. The Morgan fingerprint density at radius 1 is 1.23 bits per heavy atom. The first-order valence-electron chi connectivity index (χ1n) is 7.23. The molecule has 2 heterocycles. The second kappa shape index (κ2) is 5.40. The average molecular weight is 308 g/mol. The lowest BCUT2D eigenvalue weighted by Crippen LogP contribution is -2.51. The number of ether oxygens (including phenoxy) is 4. The van der Waals surface area contributed by atoms with Crippen molar-refractivity contribution < 1.29 is 28.8 Å². The molecule has 2 aliphatic rings. The third-order valence-electron chi connectivity index (χ3n) is 4.03. The molecule has 2 saturated heterocycles. The van der Waals surface area contributed by atoms with Crippen molar-refractivity contribution in [1.82, 2.24) is 0 Å². The van der Waals surface area contributed by atoms with E-state index in [9.17, 15) is 9.90 Å². The predicted octanol–water partition coefficient (Wildman–Crippen LogP) is 1.12. The maximum atomic E-state index is 12.9. The van der Waals surface area contributed by atoms with Crippen LogP contribution in [0.2, 0.25) is 0 Å². The lowest BCUT2D eigenvalue weighted by atomic mass is 9.96. The van der Waals surface area contributed by atoms with Crippen LogP contribution < -0.4 is 0 Å². The van der Waals surface area contributed by atoms with E-state index >= 15 is 0 Å². The van der Waals surface area contributed by atoms with Gasteiger partial charge in [0.05, 0.1) is 6.61 Å². The van der Waals surface area contributed by atoms with Gasteiger partial charge in [-0.25, -0.2) is 0 Å². The molecule has 1 aromatic carbocycles. The van der Waals surface area contributed by atoms with Crippen molar-refractivity contribution in [3.8, 4) is 0 Å². The van der Waals surface area contributed by atoms with E-state index in [2.05, 4.69) is 0 Å². The van der Waals surface area contributed by atoms with Gasteiger partial charge in [0, 0.05) is 12.7 Å². The van der Waals surface area contributed by atoms with Gasteiger partial charge in [-0.1, -0.05) is 30.3 Å². The number of rotatable bonds is 4. The fourth-order valence-electron chi connectivity index (χ4n) is 3.09. The molecule has 0 aliphatic carbocycles. The highest BCUT2D eigenvalue weighted by molar-refractivity contribution is 6.02. The summed E-state index contributed by atoms with van der Waals surface area (Å²) in [6.07, 6.45) is -1.98. The number of fused-ring (bicyclic) bond motifs is 1. The number of hydrogen-bond acceptors (Lipinski definition) is 6. The Labute approximate surface area is 128 Å². The van der Waals surface area contributed by atoms with Crippen LogP contribution in [-0.4, -0.2) is 54.5 Å². The lowest BCUT2D eigenvalue weighted by molar-refractivity contribution is -0.261. The molecule has 1 aromatic rings. The number of ketones is 1. The number of aliphatic hydroxyl groups is 1. The monoisotopic (exact) mass is 308 g/mol. The Morgan fingerprint density at radius 3 is 2.50 bits per heavy atom. The van der Waals surface area contributed by atoms with Crippen LogP contribution >= 0.6 is 0 Å². The number of carbonyl (C=O) groups excluding carboxylic acids is 1. The molecule has 1 N–H and O–H groups in total. The molecule has 0 aromatic heterocycles. The van der Waals surface area contributed by atoms with E-state index < -0.39 is 29.9 Å². The lowest BCUT2D eigenvalue weighted by Gasteiger charge is -2.31. The predicted molar refractivity (Wildman–Crippen MR) is 76.3 cm³/mol. The largest absolute Gasteiger partial charge is 0.394 e. The van der Waals surface area contributed by atoms with Gasteiger partial charge in [0.25, 0.3) is 5.79 Å². The standard InChI is InChI=1S/C16H20O6/c1-15(2)21-12-11(9-17)20-16(19-3,14(12)22-15)13(18)10-7-5-4-6-8-10/h4-8,11-12,14,17H,9H2,1-3H3/t11-,12-,14-,16-/m1/s1. The van der Waals surface area contributed by atoms with Gasteiger partial charge < -0.3 is 24.1 Å². The molecule has 0 unspecified atom stereocenters. The SMILES string of the molecule is CO[C@]1(C(=O)c2ccccc2)O[C@H](CO)[C@H]2OC(C)(C)O[C@H]21. The molecule has 6 nitrogen and oxygen atoms in total. The van der Waals surface area contributed by atoms with E-state index in [4.69, 9.17) is 18.9 Å². The van der Waals surface area contributed by atoms with Crippen molar-refractivity contribution in [2.45, 2.75) is 43.7 Å². The number of carbonyl (C=O) groups is 1. The quantitative estimate of drug-likeness (QED) is 0.840. The number of aliphatic hydroxyl groups excluding tert-OH is 1. The zero-order chi connectivity index (χ0) is 16.0. The van der Waals surface area contributed by atoms with Crippen LogP contribution in [0.4, 0.5) is 0 Å². The Balaban J connectivity index is 2.00. The third kappa shape index (κ3) is 2.28. The van der Waals surface area contributed by atoms with Gasteiger partial charge in [-0.3, -0.25) is 4.79 Å². The normalized spacial score (nSPS) is 36.3. The van der Waals surface area contributed by atoms with E-state index in [1.165, 1.54) is 7.11 Å². The van der Waals surface area contributed by atoms with Crippen molar-refractivity contribution in [2.75, 3.05) is 13.7 Å². The number of benzene rings is 1. The summed E-state index contributed by atoms with van der Waals surface area (Å²) < 4.78 is 22.8. The molecule has 2 aliphatic heterocycles. The van der Waals surface area contributed by atoms with E-state index in [0.717, 1.165) is 0 Å². The topological polar surface area (TPSA) is 74.2 Å². The molecule has 120 valence electrons. The highest BCUT2D eigenvalue weighted by Crippen LogP contribution is 2.45. The van der Waals surface area contributed by atoms with Crippen LogP contribution in [0.25, 0.3) is 0 Å². The number of Topliss-reactive ketones (excluding diaryl/α,β-unsaturated/α-hetero) is 1. The van der Waals surface area contributed by atoms with Crippen LogP contribution in [0.3, 0.4) is 0 Å². The molecule has 4 atom stereocenters. The average Bonchev–Trinajstić information content (AvgIpc) is 2.99. The molecule has 2 fully saturated rings. The first kappa shape index (κ1) is 15.6. The zero-order valence-electron chi connectivity index (χ0n) is 12.8. The van der Waals surface area contributed by atoms with Crippen LogP contribution in [0.1, 0.15) is 24.2 Å². The van der Waals surface area contributed by atoms with E-state index in [1.54, 1.807) is 38.1 Å². The molecule has 0 bridgehead atoms. The summed E-state index contributed by atoms with van der Waals surface area (Å²) in [5, 5.41) is 9.54. The Hall–Kier alpha value is -1.31. The summed E-state index contributed by atoms with van der Waals surface area (Å²) in [7, 11) is 1.40. The first-order chi connectivity index (χ1) is 10.4. The molecule has 6 heteroatoms. The minimum atomic E-state index is -1.62. The maximum absolute atomic E-state index is 12.9. The van der Waals surface area contributed by atoms with Crippen molar-refractivity contribution in [3.05, 3.63) is 35.9 Å². The molecule has 0 saturated carbocycles. The van der Waals surface area contributed by atoms with Gasteiger partial charge in [-0.2, -0.15) is 0 Å². The summed E-state index contributed by atoms with van der Waals surface area (Å²) in [6, 6.07) is 8.73. The first-order valence-corrected chi connectivity index (χ1v) is 7.23. The van der Waals surface area contributed by atoms with E-state index in [0.29, 0.717) is 5.56 Å². The van der Waals surface area contributed by atoms with Gasteiger partial charge in [-0.15, -0.1) is 0 Å². The summed E-state index contributed by atoms with van der Waals surface area (Å²) in [6.45, 7) is 3.23. The van der Waals surface area contributed by atoms with Crippen LogP contribution in [0.5, 0.6) is 0 Å². The maximum Gasteiger partial charge on any atom is 0.263 e. The molecular formula is C16H20O6. The third-order valence-corrected chi connectivity index (χ3v) is 4.03. The van der Waals surface area contributed by atoms with Crippen molar-refractivity contribution in [1.29, 1.82) is 0 Å². The van der Waals surface area contributed by atoms with Crippen molar-refractivity contribution in [3.63, 3.8) is 0 Å². The zero-order valence-corrected chi connectivity index (χ0v) is 12.8. The van der Waals surface area contributed by atoms with Gasteiger partial charge in [-0.05, 0) is 13.8 Å². The molecule has 22 heavy (non-hydrogen) atoms. The van der Waals surface area contributed by atoms with Crippen LogP contribution in [0, 0.1) is 0 Å². The van der Waals surface area contributed by atoms with Gasteiger partial charge in [0.2, 0.25) is 5.78 Å². The van der Waals surface area contributed by atoms with Crippen LogP contribution in [-0.2, 0) is 18.9 Å².